The number of carbonyl (C=O) groups excluding carboxylic acids is 1. The molecule has 1 unspecified atom stereocenters. The first-order valence-electron chi connectivity index (χ1n) is 8.61. The van der Waals surface area contributed by atoms with Crippen LogP contribution in [0.4, 0.5) is 10.5 Å². The number of benzene rings is 3. The van der Waals surface area contributed by atoms with Gasteiger partial charge in [0.05, 0.1) is 18.4 Å². The molecular formula is C21H22N2O3. The number of hydrogen-bond acceptors (Lipinski definition) is 3. The molecule has 134 valence electrons. The van der Waals surface area contributed by atoms with Gasteiger partial charge in [0.1, 0.15) is 5.75 Å². The molecule has 0 aliphatic rings. The molecule has 3 aromatic carbocycles. The van der Waals surface area contributed by atoms with Gasteiger partial charge in [-0.1, -0.05) is 54.6 Å². The maximum Gasteiger partial charge on any atom is 0.319 e. The van der Waals surface area contributed by atoms with E-state index in [4.69, 9.17) is 4.74 Å². The number of rotatable bonds is 6. The quantitative estimate of drug-likeness (QED) is 0.627. The molecule has 0 spiro atoms. The molecule has 0 aromatic heterocycles. The molecule has 0 saturated carbocycles. The van der Waals surface area contributed by atoms with E-state index in [9.17, 15) is 9.90 Å². The second kappa shape index (κ2) is 8.36. The van der Waals surface area contributed by atoms with Crippen molar-refractivity contribution in [2.45, 2.75) is 13.0 Å². The molecule has 0 heterocycles. The fourth-order valence-electron chi connectivity index (χ4n) is 2.86. The summed E-state index contributed by atoms with van der Waals surface area (Å²) in [6.07, 6.45) is -0.797. The highest BCUT2D eigenvalue weighted by atomic mass is 16.5. The lowest BCUT2D eigenvalue weighted by Crippen LogP contribution is -2.32. The molecule has 3 N–H and O–H groups in total. The lowest BCUT2D eigenvalue weighted by atomic mass is 10.0. The van der Waals surface area contributed by atoms with Crippen LogP contribution in [0.25, 0.3) is 10.8 Å². The molecule has 26 heavy (non-hydrogen) atoms. The minimum atomic E-state index is -0.797. The van der Waals surface area contributed by atoms with E-state index in [0.717, 1.165) is 16.3 Å². The highest BCUT2D eigenvalue weighted by Gasteiger charge is 2.13. The number of nitrogens with one attached hydrogen (secondary N) is 2. The van der Waals surface area contributed by atoms with Crippen LogP contribution in [-0.4, -0.2) is 24.3 Å². The first kappa shape index (κ1) is 17.8. The van der Waals surface area contributed by atoms with Crippen LogP contribution in [0.2, 0.25) is 0 Å². The van der Waals surface area contributed by atoms with Crippen LogP contribution in [0.15, 0.2) is 66.7 Å². The van der Waals surface area contributed by atoms with Gasteiger partial charge in [-0.3, -0.25) is 0 Å². The van der Waals surface area contributed by atoms with Crippen molar-refractivity contribution < 1.29 is 14.6 Å². The monoisotopic (exact) mass is 350 g/mol. The molecule has 1 atom stereocenters. The van der Waals surface area contributed by atoms with Crippen molar-refractivity contribution in [2.75, 3.05) is 18.5 Å². The van der Waals surface area contributed by atoms with Crippen molar-refractivity contribution in [2.24, 2.45) is 0 Å². The number of hydrogen-bond donors (Lipinski definition) is 3. The smallest absolute Gasteiger partial charge is 0.319 e. The third-order valence-corrected chi connectivity index (χ3v) is 4.07. The van der Waals surface area contributed by atoms with Gasteiger partial charge in [-0.2, -0.15) is 0 Å². The zero-order chi connectivity index (χ0) is 18.4. The van der Waals surface area contributed by atoms with Crippen LogP contribution in [0.5, 0.6) is 5.75 Å². The Labute approximate surface area is 152 Å². The zero-order valence-corrected chi connectivity index (χ0v) is 14.6. The van der Waals surface area contributed by atoms with Gasteiger partial charge in [-0.15, -0.1) is 0 Å². The number of ether oxygens (including phenoxy) is 1. The Kier molecular flexibility index (Phi) is 5.71. The number of urea groups is 1. The van der Waals surface area contributed by atoms with E-state index in [1.807, 2.05) is 61.5 Å². The third-order valence-electron chi connectivity index (χ3n) is 4.07. The van der Waals surface area contributed by atoms with E-state index < -0.39 is 12.1 Å². The van der Waals surface area contributed by atoms with Crippen molar-refractivity contribution in [3.63, 3.8) is 0 Å². The molecule has 3 rings (SSSR count). The molecular weight excluding hydrogens is 328 g/mol. The molecule has 0 aliphatic heterocycles. The summed E-state index contributed by atoms with van der Waals surface area (Å²) in [5.74, 6) is 0.611. The molecule has 0 fully saturated rings. The normalized spacial score (nSPS) is 11.8. The summed E-state index contributed by atoms with van der Waals surface area (Å²) >= 11 is 0. The van der Waals surface area contributed by atoms with Crippen LogP contribution >= 0.6 is 0 Å². The molecule has 5 nitrogen and oxygen atoms in total. The predicted octanol–water partition coefficient (Wildman–Crippen LogP) is 4.09. The van der Waals surface area contributed by atoms with Crippen molar-refractivity contribution in [3.8, 4) is 5.75 Å². The molecule has 2 amide bonds. The van der Waals surface area contributed by atoms with Crippen LogP contribution in [0.3, 0.4) is 0 Å². The van der Waals surface area contributed by atoms with E-state index >= 15 is 0 Å². The van der Waals surface area contributed by atoms with Gasteiger partial charge < -0.3 is 20.5 Å². The summed E-state index contributed by atoms with van der Waals surface area (Å²) in [6.45, 7) is 2.51. The Morgan fingerprint density at radius 2 is 1.77 bits per heavy atom. The molecule has 0 bridgehead atoms. The Morgan fingerprint density at radius 1 is 1.04 bits per heavy atom. The lowest BCUT2D eigenvalue weighted by molar-refractivity contribution is 0.176. The Morgan fingerprint density at radius 3 is 2.62 bits per heavy atom. The van der Waals surface area contributed by atoms with Gasteiger partial charge in [0.25, 0.3) is 0 Å². The highest BCUT2D eigenvalue weighted by Crippen LogP contribution is 2.25. The van der Waals surface area contributed by atoms with Gasteiger partial charge in [-0.25, -0.2) is 4.79 Å². The minimum Gasteiger partial charge on any atom is -0.492 e. The second-order valence-electron chi connectivity index (χ2n) is 5.85. The van der Waals surface area contributed by atoms with E-state index in [2.05, 4.69) is 10.6 Å². The van der Waals surface area contributed by atoms with Gasteiger partial charge in [-0.05, 0) is 35.4 Å². The Hall–Kier alpha value is -3.05. The highest BCUT2D eigenvalue weighted by molar-refractivity contribution is 5.91. The number of aliphatic hydroxyl groups is 1. The SMILES string of the molecule is CCOc1ccccc1NC(=O)NCC(O)c1cccc2ccccc12. The number of fused-ring (bicyclic) bond motifs is 1. The Bertz CT molecular complexity index is 890. The molecule has 5 heteroatoms. The molecule has 0 radical (unpaired) electrons. The topological polar surface area (TPSA) is 70.6 Å². The predicted molar refractivity (Wildman–Crippen MR) is 104 cm³/mol. The summed E-state index contributed by atoms with van der Waals surface area (Å²) in [5, 5.41) is 18.0. The van der Waals surface area contributed by atoms with Crippen molar-refractivity contribution in [3.05, 3.63) is 72.3 Å². The average molecular weight is 350 g/mol. The first-order chi connectivity index (χ1) is 12.7. The van der Waals surface area contributed by atoms with Gasteiger partial charge in [0, 0.05) is 6.54 Å². The van der Waals surface area contributed by atoms with E-state index in [0.29, 0.717) is 18.0 Å². The fraction of sp³-hybridized carbons (Fsp3) is 0.190. The fourth-order valence-corrected chi connectivity index (χ4v) is 2.86. The van der Waals surface area contributed by atoms with E-state index in [1.165, 1.54) is 0 Å². The maximum absolute atomic E-state index is 12.2. The van der Waals surface area contributed by atoms with E-state index in [-0.39, 0.29) is 6.54 Å². The van der Waals surface area contributed by atoms with Gasteiger partial charge in [0.15, 0.2) is 0 Å². The summed E-state index contributed by atoms with van der Waals surface area (Å²) in [7, 11) is 0. The summed E-state index contributed by atoms with van der Waals surface area (Å²) in [6, 6.07) is 20.5. The van der Waals surface area contributed by atoms with Crippen molar-refractivity contribution in [1.29, 1.82) is 0 Å². The van der Waals surface area contributed by atoms with Gasteiger partial charge in [0.2, 0.25) is 0 Å². The van der Waals surface area contributed by atoms with Gasteiger partial charge >= 0.3 is 6.03 Å². The number of carbonyl (C=O) groups is 1. The van der Waals surface area contributed by atoms with Crippen LogP contribution in [-0.2, 0) is 0 Å². The standard InChI is InChI=1S/C21H22N2O3/c1-2-26-20-13-6-5-12-18(20)23-21(25)22-14-19(24)17-11-7-9-15-8-3-4-10-16(15)17/h3-13,19,24H,2,14H2,1H3,(H2,22,23,25). The molecule has 0 aliphatic carbocycles. The number of anilines is 1. The van der Waals surface area contributed by atoms with Crippen molar-refractivity contribution in [1.82, 2.24) is 5.32 Å². The number of amides is 2. The largest absolute Gasteiger partial charge is 0.492 e. The van der Waals surface area contributed by atoms with Crippen LogP contribution in [0.1, 0.15) is 18.6 Å². The Balaban J connectivity index is 1.64. The maximum atomic E-state index is 12.2. The molecule has 0 saturated heterocycles. The van der Waals surface area contributed by atoms with Crippen LogP contribution in [0, 0.1) is 0 Å². The summed E-state index contributed by atoms with van der Waals surface area (Å²) < 4.78 is 5.49. The summed E-state index contributed by atoms with van der Waals surface area (Å²) in [4.78, 5) is 12.2. The number of aliphatic hydroxyl groups excluding tert-OH is 1. The summed E-state index contributed by atoms with van der Waals surface area (Å²) in [5.41, 5.74) is 1.38. The number of para-hydroxylation sites is 2. The minimum absolute atomic E-state index is 0.108. The van der Waals surface area contributed by atoms with Crippen LogP contribution < -0.4 is 15.4 Å². The average Bonchev–Trinajstić information content (AvgIpc) is 2.67. The zero-order valence-electron chi connectivity index (χ0n) is 14.6. The van der Waals surface area contributed by atoms with E-state index in [1.54, 1.807) is 12.1 Å². The van der Waals surface area contributed by atoms with Crippen molar-refractivity contribution >= 4 is 22.5 Å². The molecule has 3 aromatic rings. The second-order valence-corrected chi connectivity index (χ2v) is 5.85. The lowest BCUT2D eigenvalue weighted by Gasteiger charge is -2.16. The third kappa shape index (κ3) is 4.13. The first-order valence-corrected chi connectivity index (χ1v) is 8.61.